The van der Waals surface area contributed by atoms with Gasteiger partial charge >= 0.3 is 0 Å². The van der Waals surface area contributed by atoms with Crippen LogP contribution in [0.25, 0.3) is 40.3 Å². The smallest absolute Gasteiger partial charge is 0.221 e. The number of nitrogens with zero attached hydrogens (tertiary/aromatic N) is 1. The van der Waals surface area contributed by atoms with Crippen LogP contribution in [-0.2, 0) is 26.5 Å². The highest BCUT2D eigenvalue weighted by Crippen LogP contribution is 2.36. The first kappa shape index (κ1) is 33.2. The number of ether oxygens (including phenoxy) is 3. The molecule has 6 nitrogen and oxygen atoms in total. The maximum atomic E-state index is 13.0. The monoisotopic (exact) mass is 687 g/mol. The Kier molecular flexibility index (Phi) is 9.69. The van der Waals surface area contributed by atoms with Crippen LogP contribution >= 0.6 is 22.7 Å². The lowest BCUT2D eigenvalue weighted by molar-refractivity contribution is -0.183. The molecule has 1 aliphatic heterocycles. The third-order valence-corrected chi connectivity index (χ3v) is 11.4. The van der Waals surface area contributed by atoms with E-state index in [9.17, 15) is 9.59 Å². The van der Waals surface area contributed by atoms with Gasteiger partial charge in [-0.1, -0.05) is 66.2 Å². The van der Waals surface area contributed by atoms with Gasteiger partial charge in [-0.25, -0.2) is 0 Å². The van der Waals surface area contributed by atoms with Crippen LogP contribution in [0, 0.1) is 6.92 Å². The lowest BCUT2D eigenvalue weighted by Gasteiger charge is -2.32. The molecule has 0 saturated carbocycles. The molecule has 0 spiro atoms. The number of morpholine rings is 1. The van der Waals surface area contributed by atoms with Gasteiger partial charge in [0.2, 0.25) is 5.79 Å². The minimum atomic E-state index is -1.02. The van der Waals surface area contributed by atoms with Crippen molar-refractivity contribution in [3.8, 4) is 0 Å². The van der Waals surface area contributed by atoms with E-state index in [1.54, 1.807) is 36.9 Å². The molecule has 0 unspecified atom stereocenters. The molecule has 49 heavy (non-hydrogen) atoms. The zero-order chi connectivity index (χ0) is 34.0. The number of aryl methyl sites for hydroxylation is 1. The summed E-state index contributed by atoms with van der Waals surface area (Å²) in [4.78, 5) is 28.0. The lowest BCUT2D eigenvalue weighted by Crippen LogP contribution is -2.35. The molecule has 0 amide bonds. The fourth-order valence-electron chi connectivity index (χ4n) is 6.52. The number of benzene rings is 5. The Morgan fingerprint density at radius 3 is 1.98 bits per heavy atom. The van der Waals surface area contributed by atoms with Gasteiger partial charge in [0, 0.05) is 85.3 Å². The molecule has 7 aromatic rings. The minimum Gasteiger partial charge on any atom is -0.379 e. The number of fused-ring (bicyclic) bond motifs is 4. The molecule has 1 saturated heterocycles. The molecular weight excluding hydrogens is 651 g/mol. The second-order valence-electron chi connectivity index (χ2n) is 12.2. The molecule has 0 aliphatic carbocycles. The van der Waals surface area contributed by atoms with Crippen molar-refractivity contribution in [3.05, 3.63) is 152 Å². The van der Waals surface area contributed by atoms with Gasteiger partial charge in [-0.2, -0.15) is 0 Å². The topological polar surface area (TPSA) is 65.1 Å². The maximum Gasteiger partial charge on any atom is 0.221 e. The Morgan fingerprint density at radius 1 is 0.633 bits per heavy atom. The summed E-state index contributed by atoms with van der Waals surface area (Å²) in [7, 11) is 3.26. The van der Waals surface area contributed by atoms with Gasteiger partial charge in [-0.15, -0.1) is 22.7 Å². The molecular formula is C41H37NO5S2. The first-order valence-corrected chi connectivity index (χ1v) is 17.9. The quantitative estimate of drug-likeness (QED) is 0.129. The second-order valence-corrected chi connectivity index (χ2v) is 14.3. The third kappa shape index (κ3) is 6.56. The normalized spacial score (nSPS) is 13.9. The largest absolute Gasteiger partial charge is 0.379 e. The third-order valence-electron chi connectivity index (χ3n) is 9.08. The van der Waals surface area contributed by atoms with Gasteiger partial charge in [-0.3, -0.25) is 14.5 Å². The summed E-state index contributed by atoms with van der Waals surface area (Å²) < 4.78 is 21.1. The van der Waals surface area contributed by atoms with E-state index >= 15 is 0 Å². The van der Waals surface area contributed by atoms with Crippen molar-refractivity contribution in [3.63, 3.8) is 0 Å². The van der Waals surface area contributed by atoms with Gasteiger partial charge in [0.05, 0.1) is 13.2 Å². The summed E-state index contributed by atoms with van der Waals surface area (Å²) in [5.41, 5.74) is 4.26. The van der Waals surface area contributed by atoms with Crippen molar-refractivity contribution in [2.45, 2.75) is 19.3 Å². The van der Waals surface area contributed by atoms with Gasteiger partial charge in [0.1, 0.15) is 0 Å². The molecule has 8 heteroatoms. The van der Waals surface area contributed by atoms with Crippen molar-refractivity contribution in [2.24, 2.45) is 0 Å². The van der Waals surface area contributed by atoms with E-state index < -0.39 is 5.79 Å². The van der Waals surface area contributed by atoms with Crippen LogP contribution in [0.1, 0.15) is 22.3 Å². The summed E-state index contributed by atoms with van der Waals surface area (Å²) in [6.07, 6.45) is 0. The highest BCUT2D eigenvalue weighted by Gasteiger charge is 2.34. The van der Waals surface area contributed by atoms with Gasteiger partial charge < -0.3 is 14.2 Å². The van der Waals surface area contributed by atoms with E-state index in [1.165, 1.54) is 5.56 Å². The maximum absolute atomic E-state index is 13.0. The zero-order valence-corrected chi connectivity index (χ0v) is 29.4. The Balaban J connectivity index is 0.000000157. The zero-order valence-electron chi connectivity index (χ0n) is 27.7. The molecule has 5 aromatic carbocycles. The Morgan fingerprint density at radius 2 is 1.24 bits per heavy atom. The summed E-state index contributed by atoms with van der Waals surface area (Å²) in [5, 5.41) is 3.15. The standard InChI is InChI=1S/C23H20O3S.C18H17NO2S/c1-15-9-12-20-19(13-15)22(24)18-11-10-17(14-21(18)27-20)23(25-2,26-3)16-7-5-4-6-8-16;20-18-14-3-1-2-4-16(14)22-17-6-5-13(11-15(17)18)12-19-7-9-21-10-8-19/h4-14H,1-3H3;1-6,11H,7-10,12H2. The highest BCUT2D eigenvalue weighted by molar-refractivity contribution is 7.24. The molecule has 2 aromatic heterocycles. The molecule has 0 atom stereocenters. The summed E-state index contributed by atoms with van der Waals surface area (Å²) in [6, 6.07) is 35.8. The number of hydrogen-bond donors (Lipinski definition) is 0. The van der Waals surface area contributed by atoms with Crippen molar-refractivity contribution in [1.82, 2.24) is 4.90 Å². The van der Waals surface area contributed by atoms with Crippen LogP contribution in [0.2, 0.25) is 0 Å². The average Bonchev–Trinajstić information content (AvgIpc) is 3.14. The highest BCUT2D eigenvalue weighted by atomic mass is 32.1. The van der Waals surface area contributed by atoms with E-state index in [-0.39, 0.29) is 10.9 Å². The minimum absolute atomic E-state index is 0.0640. The molecule has 0 radical (unpaired) electrons. The fraction of sp³-hybridized carbons (Fsp3) is 0.220. The van der Waals surface area contributed by atoms with E-state index in [2.05, 4.69) is 23.1 Å². The van der Waals surface area contributed by atoms with Crippen molar-refractivity contribution in [1.29, 1.82) is 0 Å². The van der Waals surface area contributed by atoms with Crippen LogP contribution in [0.15, 0.2) is 119 Å². The number of hydrogen-bond acceptors (Lipinski definition) is 8. The van der Waals surface area contributed by atoms with Crippen LogP contribution in [-0.4, -0.2) is 45.4 Å². The van der Waals surface area contributed by atoms with E-state index in [1.807, 2.05) is 97.9 Å². The van der Waals surface area contributed by atoms with Crippen LogP contribution in [0.5, 0.6) is 0 Å². The number of methoxy groups -OCH3 is 2. The molecule has 0 bridgehead atoms. The SMILES string of the molecule is COC(OC)(c1ccccc1)c1ccc2c(=O)c3cc(C)ccc3sc2c1.O=c1c2ccccc2sc2ccc(CN3CCOCC3)cc12. The van der Waals surface area contributed by atoms with E-state index in [0.29, 0.717) is 0 Å². The van der Waals surface area contributed by atoms with Gasteiger partial charge in [-0.05, 0) is 61.0 Å². The van der Waals surface area contributed by atoms with Gasteiger partial charge in [0.25, 0.3) is 0 Å². The van der Waals surface area contributed by atoms with Crippen LogP contribution in [0.4, 0.5) is 0 Å². The lowest BCUT2D eigenvalue weighted by atomic mass is 9.96. The molecule has 1 fully saturated rings. The van der Waals surface area contributed by atoms with Crippen LogP contribution in [0.3, 0.4) is 0 Å². The van der Waals surface area contributed by atoms with Crippen molar-refractivity contribution in [2.75, 3.05) is 40.5 Å². The summed E-state index contributed by atoms with van der Waals surface area (Å²) >= 11 is 3.30. The van der Waals surface area contributed by atoms with Crippen molar-refractivity contribution >= 4 is 63.0 Å². The summed E-state index contributed by atoms with van der Waals surface area (Å²) in [5.74, 6) is -1.02. The first-order valence-electron chi connectivity index (χ1n) is 16.3. The predicted molar refractivity (Wildman–Crippen MR) is 203 cm³/mol. The van der Waals surface area contributed by atoms with Crippen molar-refractivity contribution < 1.29 is 14.2 Å². The van der Waals surface area contributed by atoms with Crippen LogP contribution < -0.4 is 10.9 Å². The fourth-order valence-corrected chi connectivity index (χ4v) is 8.66. The molecule has 8 rings (SSSR count). The van der Waals surface area contributed by atoms with E-state index in [0.717, 1.165) is 89.9 Å². The average molecular weight is 688 g/mol. The van der Waals surface area contributed by atoms with Gasteiger partial charge in [0.15, 0.2) is 10.9 Å². The molecule has 1 aliphatic rings. The molecule has 0 N–H and O–H groups in total. The summed E-state index contributed by atoms with van der Waals surface area (Å²) in [6.45, 7) is 6.41. The Bertz CT molecular complexity index is 2390. The first-order chi connectivity index (χ1) is 23.9. The molecule has 248 valence electrons. The molecule has 3 heterocycles. The number of rotatable bonds is 6. The second kappa shape index (κ2) is 14.3. The van der Waals surface area contributed by atoms with E-state index in [4.69, 9.17) is 14.2 Å². The predicted octanol–water partition coefficient (Wildman–Crippen LogP) is 8.46. The Hall–Kier alpha value is -4.28. The Labute approximate surface area is 292 Å².